The number of hydrogen-bond acceptors (Lipinski definition) is 6. The van der Waals surface area contributed by atoms with Crippen LogP contribution in [-0.2, 0) is 14.2 Å². The molecule has 1 spiro atoms. The molecule has 0 amide bonds. The van der Waals surface area contributed by atoms with Crippen molar-refractivity contribution in [1.29, 1.82) is 0 Å². The summed E-state index contributed by atoms with van der Waals surface area (Å²) < 4.78 is 24.4. The average Bonchev–Trinajstić information content (AvgIpc) is 3.01. The van der Waals surface area contributed by atoms with Crippen molar-refractivity contribution in [3.05, 3.63) is 34.4 Å². The zero-order valence-corrected chi connectivity index (χ0v) is 19.3. The molecule has 1 N–H and O–H groups in total. The average molecular weight is 443 g/mol. The molecule has 0 radical (unpaired) electrons. The van der Waals surface area contributed by atoms with Gasteiger partial charge >= 0.3 is 5.63 Å². The van der Waals surface area contributed by atoms with E-state index >= 15 is 0 Å². The molecule has 6 heteroatoms. The van der Waals surface area contributed by atoms with Crippen molar-refractivity contribution in [1.82, 2.24) is 0 Å². The molecule has 3 saturated heterocycles. The molecule has 3 aliphatic heterocycles. The molecular weight excluding hydrogens is 408 g/mol. The Morgan fingerprint density at radius 1 is 1.00 bits per heavy atom. The highest BCUT2D eigenvalue weighted by Gasteiger charge is 2.77. The molecule has 0 aromatic carbocycles. The van der Waals surface area contributed by atoms with Gasteiger partial charge in [-0.25, -0.2) is 4.79 Å². The zero-order valence-electron chi connectivity index (χ0n) is 19.3. The quantitative estimate of drug-likeness (QED) is 0.706. The van der Waals surface area contributed by atoms with Crippen molar-refractivity contribution in [2.24, 2.45) is 22.7 Å². The largest absolute Gasteiger partial charge is 0.431 e. The van der Waals surface area contributed by atoms with Crippen molar-refractivity contribution in [2.75, 3.05) is 0 Å². The maximum absolute atomic E-state index is 12.4. The van der Waals surface area contributed by atoms with Crippen LogP contribution in [0.5, 0.6) is 0 Å². The minimum absolute atomic E-state index is 0.107. The summed E-state index contributed by atoms with van der Waals surface area (Å²) in [7, 11) is 0. The monoisotopic (exact) mass is 442 g/mol. The Balaban J connectivity index is 1.27. The van der Waals surface area contributed by atoms with Gasteiger partial charge in [-0.3, -0.25) is 0 Å². The summed E-state index contributed by atoms with van der Waals surface area (Å²) >= 11 is 0. The second kappa shape index (κ2) is 5.88. The van der Waals surface area contributed by atoms with E-state index in [-0.39, 0.29) is 46.1 Å². The zero-order chi connectivity index (χ0) is 22.1. The fraction of sp³-hybridized carbons (Fsp3) is 0.808. The topological polar surface area (TPSA) is 78.1 Å². The summed E-state index contributed by atoms with van der Waals surface area (Å²) in [6.45, 7) is 6.60. The molecule has 32 heavy (non-hydrogen) atoms. The van der Waals surface area contributed by atoms with Gasteiger partial charge in [-0.1, -0.05) is 13.8 Å². The molecule has 4 saturated carbocycles. The predicted octanol–water partition coefficient (Wildman–Crippen LogP) is 4.10. The maximum Gasteiger partial charge on any atom is 0.335 e. The molecule has 4 heterocycles. The van der Waals surface area contributed by atoms with Gasteiger partial charge in [-0.05, 0) is 67.9 Å². The maximum atomic E-state index is 12.4. The van der Waals surface area contributed by atoms with Gasteiger partial charge < -0.3 is 23.7 Å². The summed E-state index contributed by atoms with van der Waals surface area (Å²) in [6, 6.07) is 3.41. The van der Waals surface area contributed by atoms with Crippen LogP contribution < -0.4 is 5.63 Å². The fourth-order valence-corrected chi connectivity index (χ4v) is 9.76. The van der Waals surface area contributed by atoms with E-state index < -0.39 is 11.6 Å². The normalized spacial score (nSPS) is 57.7. The summed E-state index contributed by atoms with van der Waals surface area (Å²) in [6.07, 6.45) is 9.54. The third-order valence-corrected chi connectivity index (χ3v) is 11.2. The lowest BCUT2D eigenvalue weighted by molar-refractivity contribution is -0.548. The first-order valence-electron chi connectivity index (χ1n) is 12.5. The van der Waals surface area contributed by atoms with E-state index in [0.29, 0.717) is 5.92 Å². The molecule has 1 aromatic rings. The highest BCUT2D eigenvalue weighted by Crippen LogP contribution is 2.74. The van der Waals surface area contributed by atoms with Crippen LogP contribution in [0.15, 0.2) is 27.6 Å². The van der Waals surface area contributed by atoms with Crippen LogP contribution >= 0.6 is 0 Å². The molecule has 8 rings (SSSR count). The standard InChI is InChI=1S/C26H34O6/c1-22-9-6-18-19(26(22,28)11-8-17(22)15-4-5-21(27)29-14-15)7-10-25-13-16-12-20(23(18,25)2)31-24(3,30-16)32-25/h4-5,14,16-20,28H,6-13H2,1-3H3/t16-,17+,18-,19+,20+,22+,23-,24?,25-,26-/m0/s1. The molecule has 4 aliphatic carbocycles. The van der Waals surface area contributed by atoms with Gasteiger partial charge in [-0.2, -0.15) is 0 Å². The lowest BCUT2D eigenvalue weighted by atomic mass is 9.40. The first kappa shape index (κ1) is 20.2. The van der Waals surface area contributed by atoms with Crippen LogP contribution in [0.1, 0.15) is 83.6 Å². The first-order chi connectivity index (χ1) is 15.1. The SMILES string of the molecule is CC12O[C@H]3C[C@@H](O1)[C@]1(C)[C@H]4CC[C@]5(C)[C@@H](c6ccc(=O)oc6)CC[C@]5(O)[C@@H]4CC[C@@]1(C3)O2. The highest BCUT2D eigenvalue weighted by atomic mass is 16.9. The Hall–Kier alpha value is -1.21. The van der Waals surface area contributed by atoms with Gasteiger partial charge in [0.2, 0.25) is 0 Å². The van der Waals surface area contributed by atoms with Crippen molar-refractivity contribution in [2.45, 2.75) is 107 Å². The first-order valence-corrected chi connectivity index (χ1v) is 12.5. The number of rotatable bonds is 1. The molecule has 174 valence electrons. The van der Waals surface area contributed by atoms with E-state index in [9.17, 15) is 9.90 Å². The van der Waals surface area contributed by atoms with E-state index in [1.807, 2.05) is 13.0 Å². The summed E-state index contributed by atoms with van der Waals surface area (Å²) in [5.41, 5.74) is -0.538. The van der Waals surface area contributed by atoms with Gasteiger partial charge in [0, 0.05) is 36.7 Å². The summed E-state index contributed by atoms with van der Waals surface area (Å²) in [4.78, 5) is 11.5. The molecule has 7 aliphatic rings. The minimum Gasteiger partial charge on any atom is -0.431 e. The third kappa shape index (κ3) is 2.15. The number of hydrogen-bond donors (Lipinski definition) is 1. The Bertz CT molecular complexity index is 1020. The number of fused-ring (bicyclic) bond motifs is 3. The van der Waals surface area contributed by atoms with Crippen LogP contribution in [-0.4, -0.2) is 34.5 Å². The van der Waals surface area contributed by atoms with Gasteiger partial charge in [0.1, 0.15) is 0 Å². The van der Waals surface area contributed by atoms with E-state index in [4.69, 9.17) is 18.6 Å². The Kier molecular flexibility index (Phi) is 3.71. The smallest absolute Gasteiger partial charge is 0.335 e. The summed E-state index contributed by atoms with van der Waals surface area (Å²) in [5, 5.41) is 12.4. The summed E-state index contributed by atoms with van der Waals surface area (Å²) in [5.74, 6) is -0.0975. The van der Waals surface area contributed by atoms with Crippen LogP contribution in [0.2, 0.25) is 0 Å². The van der Waals surface area contributed by atoms with Crippen molar-refractivity contribution >= 4 is 0 Å². The lowest BCUT2D eigenvalue weighted by Crippen LogP contribution is -2.79. The van der Waals surface area contributed by atoms with Crippen molar-refractivity contribution in [3.8, 4) is 0 Å². The van der Waals surface area contributed by atoms with Crippen LogP contribution in [0, 0.1) is 22.7 Å². The van der Waals surface area contributed by atoms with Gasteiger partial charge in [0.25, 0.3) is 5.97 Å². The number of aliphatic hydroxyl groups is 1. The van der Waals surface area contributed by atoms with E-state index in [0.717, 1.165) is 56.9 Å². The molecule has 6 nitrogen and oxygen atoms in total. The predicted molar refractivity (Wildman–Crippen MR) is 115 cm³/mol. The van der Waals surface area contributed by atoms with Crippen LogP contribution in [0.25, 0.3) is 0 Å². The van der Waals surface area contributed by atoms with E-state index in [1.54, 1.807) is 6.26 Å². The second-order valence-electron chi connectivity index (χ2n) is 12.1. The lowest BCUT2D eigenvalue weighted by Gasteiger charge is -2.74. The molecule has 1 unspecified atom stereocenters. The Morgan fingerprint density at radius 2 is 1.81 bits per heavy atom. The fourth-order valence-electron chi connectivity index (χ4n) is 9.76. The molecule has 4 bridgehead atoms. The molecule has 7 fully saturated rings. The second-order valence-corrected chi connectivity index (χ2v) is 12.1. The minimum atomic E-state index is -0.909. The third-order valence-electron chi connectivity index (χ3n) is 11.2. The Morgan fingerprint density at radius 3 is 2.56 bits per heavy atom. The Labute approximate surface area is 188 Å². The van der Waals surface area contributed by atoms with Crippen LogP contribution in [0.4, 0.5) is 0 Å². The molecular formula is C26H34O6. The van der Waals surface area contributed by atoms with E-state index in [1.165, 1.54) is 6.07 Å². The van der Waals surface area contributed by atoms with Crippen molar-refractivity contribution < 1.29 is 23.7 Å². The van der Waals surface area contributed by atoms with Gasteiger partial charge in [-0.15, -0.1) is 0 Å². The number of ether oxygens (including phenoxy) is 3. The van der Waals surface area contributed by atoms with Crippen molar-refractivity contribution in [3.63, 3.8) is 0 Å². The molecule has 10 atom stereocenters. The van der Waals surface area contributed by atoms with Gasteiger partial charge in [0.05, 0.1) is 29.7 Å². The van der Waals surface area contributed by atoms with E-state index in [2.05, 4.69) is 13.8 Å². The van der Waals surface area contributed by atoms with Crippen LogP contribution in [0.3, 0.4) is 0 Å². The van der Waals surface area contributed by atoms with Gasteiger partial charge in [0.15, 0.2) is 0 Å². The molecule has 1 aromatic heterocycles. The highest BCUT2D eigenvalue weighted by molar-refractivity contribution is 5.29.